The van der Waals surface area contributed by atoms with Crippen LogP contribution in [0.4, 0.5) is 0 Å². The fourth-order valence-corrected chi connectivity index (χ4v) is 2.50. The summed E-state index contributed by atoms with van der Waals surface area (Å²) in [5.41, 5.74) is 6.02. The van der Waals surface area contributed by atoms with Crippen LogP contribution in [0.3, 0.4) is 0 Å². The minimum Gasteiger partial charge on any atom is -0.326 e. The lowest BCUT2D eigenvalue weighted by atomic mass is 10.1. The molecule has 0 unspecified atom stereocenters. The van der Waals surface area contributed by atoms with Crippen LogP contribution in [0.1, 0.15) is 32.1 Å². The van der Waals surface area contributed by atoms with E-state index >= 15 is 0 Å². The fourth-order valence-electron chi connectivity index (χ4n) is 2.50. The van der Waals surface area contributed by atoms with E-state index in [4.69, 9.17) is 5.73 Å². The maximum absolute atomic E-state index is 6.02. The lowest BCUT2D eigenvalue weighted by Crippen LogP contribution is -2.42. The van der Waals surface area contributed by atoms with Gasteiger partial charge in [-0.1, -0.05) is 6.42 Å². The smallest absolute Gasteiger partial charge is 0.0247 e. The number of hydrogen-bond acceptors (Lipinski definition) is 2. The third-order valence-electron chi connectivity index (χ3n) is 3.14. The van der Waals surface area contributed by atoms with Gasteiger partial charge in [0.25, 0.3) is 0 Å². The zero-order valence-electron chi connectivity index (χ0n) is 7.13. The van der Waals surface area contributed by atoms with Crippen molar-refractivity contribution in [3.05, 3.63) is 0 Å². The SMILES string of the molecule is N[C@H]1CCC[C@H]1N1CCCC1. The summed E-state index contributed by atoms with van der Waals surface area (Å²) in [6.07, 6.45) is 6.73. The molecule has 2 aliphatic rings. The van der Waals surface area contributed by atoms with Crippen LogP contribution in [0.5, 0.6) is 0 Å². The lowest BCUT2D eigenvalue weighted by molar-refractivity contribution is 0.229. The summed E-state index contributed by atoms with van der Waals surface area (Å²) in [6, 6.07) is 1.21. The van der Waals surface area contributed by atoms with E-state index in [-0.39, 0.29) is 0 Å². The van der Waals surface area contributed by atoms with E-state index in [0.717, 1.165) is 6.04 Å². The summed E-state index contributed by atoms with van der Waals surface area (Å²) in [4.78, 5) is 2.59. The van der Waals surface area contributed by atoms with Crippen LogP contribution >= 0.6 is 0 Å². The molecule has 0 radical (unpaired) electrons. The van der Waals surface area contributed by atoms with Gasteiger partial charge >= 0.3 is 0 Å². The molecule has 1 heterocycles. The highest BCUT2D eigenvalue weighted by atomic mass is 15.2. The second kappa shape index (κ2) is 3.11. The number of hydrogen-bond donors (Lipinski definition) is 1. The third-order valence-corrected chi connectivity index (χ3v) is 3.14. The molecule has 0 bridgehead atoms. The Morgan fingerprint density at radius 2 is 1.73 bits per heavy atom. The Labute approximate surface area is 68.7 Å². The van der Waals surface area contributed by atoms with Crippen LogP contribution in [0.15, 0.2) is 0 Å². The predicted octanol–water partition coefficient (Wildman–Crippen LogP) is 0.962. The van der Waals surface area contributed by atoms with Crippen LogP contribution in [0, 0.1) is 0 Å². The minimum atomic E-state index is 0.480. The van der Waals surface area contributed by atoms with Gasteiger partial charge in [-0.05, 0) is 38.8 Å². The molecule has 1 saturated carbocycles. The largest absolute Gasteiger partial charge is 0.326 e. The third kappa shape index (κ3) is 1.42. The first-order chi connectivity index (χ1) is 5.38. The molecule has 2 rings (SSSR count). The van der Waals surface area contributed by atoms with Crippen molar-refractivity contribution in [2.24, 2.45) is 5.73 Å². The molecule has 0 aromatic rings. The average molecular weight is 154 g/mol. The quantitative estimate of drug-likeness (QED) is 0.609. The van der Waals surface area contributed by atoms with Crippen molar-refractivity contribution in [1.29, 1.82) is 0 Å². The van der Waals surface area contributed by atoms with Crippen LogP contribution in [0.2, 0.25) is 0 Å². The highest BCUT2D eigenvalue weighted by Crippen LogP contribution is 2.25. The van der Waals surface area contributed by atoms with Gasteiger partial charge in [-0.3, -0.25) is 4.90 Å². The first kappa shape index (κ1) is 7.56. The van der Waals surface area contributed by atoms with Gasteiger partial charge in [0.15, 0.2) is 0 Å². The van der Waals surface area contributed by atoms with Crippen molar-refractivity contribution < 1.29 is 0 Å². The van der Waals surface area contributed by atoms with Crippen molar-refractivity contribution in [2.75, 3.05) is 13.1 Å². The standard InChI is InChI=1S/C9H18N2/c10-8-4-3-5-9(8)11-6-1-2-7-11/h8-9H,1-7,10H2/t8-,9+/m0/s1. The Morgan fingerprint density at radius 1 is 1.00 bits per heavy atom. The van der Waals surface area contributed by atoms with Gasteiger partial charge in [0.2, 0.25) is 0 Å². The lowest BCUT2D eigenvalue weighted by Gasteiger charge is -2.26. The van der Waals surface area contributed by atoms with E-state index < -0.39 is 0 Å². The molecule has 0 aromatic heterocycles. The molecule has 2 fully saturated rings. The van der Waals surface area contributed by atoms with Crippen molar-refractivity contribution in [1.82, 2.24) is 4.90 Å². The maximum atomic E-state index is 6.02. The monoisotopic (exact) mass is 154 g/mol. The van der Waals surface area contributed by atoms with Gasteiger partial charge < -0.3 is 5.73 Å². The highest BCUT2D eigenvalue weighted by Gasteiger charge is 2.30. The summed E-state index contributed by atoms with van der Waals surface area (Å²) < 4.78 is 0. The van der Waals surface area contributed by atoms with Gasteiger partial charge in [0.1, 0.15) is 0 Å². The summed E-state index contributed by atoms with van der Waals surface area (Å²) in [6.45, 7) is 2.61. The molecule has 2 heteroatoms. The maximum Gasteiger partial charge on any atom is 0.0247 e. The molecule has 11 heavy (non-hydrogen) atoms. The minimum absolute atomic E-state index is 0.480. The summed E-state index contributed by atoms with van der Waals surface area (Å²) in [5, 5.41) is 0. The first-order valence-corrected chi connectivity index (χ1v) is 4.87. The zero-order chi connectivity index (χ0) is 7.68. The molecule has 0 amide bonds. The van der Waals surface area contributed by atoms with Gasteiger partial charge in [-0.15, -0.1) is 0 Å². The molecule has 1 aliphatic carbocycles. The van der Waals surface area contributed by atoms with E-state index in [1.807, 2.05) is 0 Å². The van der Waals surface area contributed by atoms with Gasteiger partial charge in [-0.25, -0.2) is 0 Å². The highest BCUT2D eigenvalue weighted by molar-refractivity contribution is 4.89. The van der Waals surface area contributed by atoms with Crippen molar-refractivity contribution >= 4 is 0 Å². The van der Waals surface area contributed by atoms with E-state index in [1.54, 1.807) is 0 Å². The van der Waals surface area contributed by atoms with Crippen molar-refractivity contribution in [2.45, 2.75) is 44.2 Å². The molecule has 0 aromatic carbocycles. The van der Waals surface area contributed by atoms with Crippen molar-refractivity contribution in [3.8, 4) is 0 Å². The van der Waals surface area contributed by atoms with E-state index in [2.05, 4.69) is 4.90 Å². The van der Waals surface area contributed by atoms with Crippen LogP contribution in [-0.2, 0) is 0 Å². The first-order valence-electron chi connectivity index (χ1n) is 4.87. The molecule has 2 N–H and O–H groups in total. The molecule has 64 valence electrons. The fraction of sp³-hybridized carbons (Fsp3) is 1.00. The topological polar surface area (TPSA) is 29.3 Å². The Balaban J connectivity index is 1.92. The van der Waals surface area contributed by atoms with Gasteiger partial charge in [0.05, 0.1) is 0 Å². The number of nitrogens with zero attached hydrogens (tertiary/aromatic N) is 1. The van der Waals surface area contributed by atoms with E-state index in [0.29, 0.717) is 6.04 Å². The number of nitrogens with two attached hydrogens (primary N) is 1. The zero-order valence-corrected chi connectivity index (χ0v) is 7.13. The Kier molecular flexibility index (Phi) is 2.14. The van der Waals surface area contributed by atoms with Crippen molar-refractivity contribution in [3.63, 3.8) is 0 Å². The van der Waals surface area contributed by atoms with Crippen LogP contribution in [0.25, 0.3) is 0 Å². The molecule has 2 atom stereocenters. The Morgan fingerprint density at radius 3 is 2.27 bits per heavy atom. The second-order valence-electron chi connectivity index (χ2n) is 3.91. The van der Waals surface area contributed by atoms with E-state index in [9.17, 15) is 0 Å². The Bertz CT molecular complexity index is 130. The number of rotatable bonds is 1. The molecular formula is C9H18N2. The second-order valence-corrected chi connectivity index (χ2v) is 3.91. The summed E-state index contributed by atoms with van der Waals surface area (Å²) in [5.74, 6) is 0. The van der Waals surface area contributed by atoms with Crippen LogP contribution < -0.4 is 5.73 Å². The molecule has 0 spiro atoms. The Hall–Kier alpha value is -0.0800. The normalized spacial score (nSPS) is 40.1. The predicted molar refractivity (Wildman–Crippen MR) is 46.4 cm³/mol. The van der Waals surface area contributed by atoms with Crippen LogP contribution in [-0.4, -0.2) is 30.1 Å². The molecular weight excluding hydrogens is 136 g/mol. The average Bonchev–Trinajstić information content (AvgIpc) is 2.55. The number of likely N-dealkylation sites (tertiary alicyclic amines) is 1. The summed E-state index contributed by atoms with van der Waals surface area (Å²) in [7, 11) is 0. The van der Waals surface area contributed by atoms with Gasteiger partial charge in [0, 0.05) is 12.1 Å². The van der Waals surface area contributed by atoms with Gasteiger partial charge in [-0.2, -0.15) is 0 Å². The molecule has 1 aliphatic heterocycles. The molecule has 1 saturated heterocycles. The summed E-state index contributed by atoms with van der Waals surface area (Å²) >= 11 is 0. The van der Waals surface area contributed by atoms with E-state index in [1.165, 1.54) is 45.2 Å². The molecule has 2 nitrogen and oxygen atoms in total.